The number of ether oxygens (including phenoxy) is 2. The topological polar surface area (TPSA) is 42.9 Å². The second-order valence-electron chi connectivity index (χ2n) is 7.90. The van der Waals surface area contributed by atoms with Crippen LogP contribution in [0.4, 0.5) is 0 Å². The highest BCUT2D eigenvalue weighted by molar-refractivity contribution is 6.30. The van der Waals surface area contributed by atoms with E-state index in [4.69, 9.17) is 26.1 Å². The predicted octanol–water partition coefficient (Wildman–Crippen LogP) is 5.79. The Kier molecular flexibility index (Phi) is 6.29. The number of benzene rings is 2. The fourth-order valence-corrected chi connectivity index (χ4v) is 4.65. The van der Waals surface area contributed by atoms with Gasteiger partial charge in [-0.2, -0.15) is 0 Å². The molecule has 0 unspecified atom stereocenters. The van der Waals surface area contributed by atoms with Crippen molar-refractivity contribution in [3.8, 4) is 11.5 Å². The summed E-state index contributed by atoms with van der Waals surface area (Å²) in [7, 11) is 1.67. The molecule has 0 radical (unpaired) electrons. The van der Waals surface area contributed by atoms with Crippen molar-refractivity contribution in [3.05, 3.63) is 58.6 Å². The maximum absolute atomic E-state index is 6.12. The Morgan fingerprint density at radius 2 is 1.86 bits per heavy atom. The molecule has 0 saturated heterocycles. The first-order valence-corrected chi connectivity index (χ1v) is 11.0. The zero-order chi connectivity index (χ0) is 20.2. The molecular formula is C24H29ClN2O2. The number of nitrogens with zero attached hydrogens (tertiary/aromatic N) is 1. The minimum absolute atomic E-state index is 0.152. The van der Waals surface area contributed by atoms with E-state index in [1.165, 1.54) is 31.2 Å². The number of aliphatic imine (C=N–C) groups is 1. The van der Waals surface area contributed by atoms with E-state index in [2.05, 4.69) is 17.4 Å². The highest BCUT2D eigenvalue weighted by Gasteiger charge is 2.34. The average molecular weight is 413 g/mol. The van der Waals surface area contributed by atoms with E-state index in [-0.39, 0.29) is 12.1 Å². The van der Waals surface area contributed by atoms with Gasteiger partial charge in [-0.3, -0.25) is 4.99 Å². The lowest BCUT2D eigenvalue weighted by Gasteiger charge is -2.22. The smallest absolute Gasteiger partial charge is 0.133 e. The summed E-state index contributed by atoms with van der Waals surface area (Å²) in [6.07, 6.45) is 6.45. The number of hydrogen-bond acceptors (Lipinski definition) is 4. The zero-order valence-electron chi connectivity index (χ0n) is 17.2. The van der Waals surface area contributed by atoms with Crippen molar-refractivity contribution in [3.63, 3.8) is 0 Å². The first-order valence-electron chi connectivity index (χ1n) is 10.6. The van der Waals surface area contributed by atoms with Gasteiger partial charge >= 0.3 is 0 Å². The summed E-state index contributed by atoms with van der Waals surface area (Å²) in [5, 5.41) is 4.45. The Morgan fingerprint density at radius 1 is 1.10 bits per heavy atom. The molecule has 1 heterocycles. The third-order valence-corrected chi connectivity index (χ3v) is 6.25. The first-order chi connectivity index (χ1) is 14.2. The molecule has 2 atom stereocenters. The van der Waals surface area contributed by atoms with Crippen LogP contribution in [0.15, 0.2) is 47.5 Å². The Bertz CT molecular complexity index is 860. The van der Waals surface area contributed by atoms with Gasteiger partial charge in [0.25, 0.3) is 0 Å². The van der Waals surface area contributed by atoms with Gasteiger partial charge in [0.2, 0.25) is 0 Å². The fourth-order valence-electron chi connectivity index (χ4n) is 4.52. The van der Waals surface area contributed by atoms with E-state index in [9.17, 15) is 0 Å². The van der Waals surface area contributed by atoms with Gasteiger partial charge in [-0.15, -0.1) is 0 Å². The number of halogens is 1. The molecule has 2 aliphatic rings. The maximum Gasteiger partial charge on any atom is 0.133 e. The molecule has 1 aliphatic heterocycles. The molecule has 1 aliphatic carbocycles. The quantitative estimate of drug-likeness (QED) is 0.626. The molecule has 0 aromatic heterocycles. The summed E-state index contributed by atoms with van der Waals surface area (Å²) in [6, 6.07) is 14.4. The molecule has 1 saturated carbocycles. The second kappa shape index (κ2) is 9.08. The molecule has 1 N–H and O–H groups in total. The number of amidine groups is 1. The minimum atomic E-state index is 0.152. The highest BCUT2D eigenvalue weighted by atomic mass is 35.5. The van der Waals surface area contributed by atoms with Crippen molar-refractivity contribution in [1.29, 1.82) is 0 Å². The molecule has 29 heavy (non-hydrogen) atoms. The van der Waals surface area contributed by atoms with Crippen molar-refractivity contribution in [2.75, 3.05) is 13.7 Å². The Labute approximate surface area is 178 Å². The van der Waals surface area contributed by atoms with Gasteiger partial charge in [0.15, 0.2) is 0 Å². The lowest BCUT2D eigenvalue weighted by atomic mass is 9.91. The van der Waals surface area contributed by atoms with Crippen LogP contribution in [0.3, 0.4) is 0 Å². The molecular weight excluding hydrogens is 384 g/mol. The summed E-state index contributed by atoms with van der Waals surface area (Å²) in [5.74, 6) is 3.25. The fraction of sp³-hybridized carbons (Fsp3) is 0.458. The lowest BCUT2D eigenvalue weighted by molar-refractivity contribution is 0.335. The van der Waals surface area contributed by atoms with Crippen LogP contribution in [0.2, 0.25) is 5.02 Å². The van der Waals surface area contributed by atoms with Crippen LogP contribution in [0.1, 0.15) is 56.2 Å². The number of rotatable bonds is 7. The predicted molar refractivity (Wildman–Crippen MR) is 118 cm³/mol. The van der Waals surface area contributed by atoms with Crippen LogP contribution in [-0.4, -0.2) is 25.6 Å². The molecule has 1 fully saturated rings. The molecule has 4 rings (SSSR count). The number of hydrogen-bond donors (Lipinski definition) is 1. The van der Waals surface area contributed by atoms with Crippen LogP contribution in [0.5, 0.6) is 11.5 Å². The number of nitrogens with one attached hydrogen (secondary N) is 1. The summed E-state index contributed by atoms with van der Waals surface area (Å²) < 4.78 is 11.3. The number of methoxy groups -OCH3 is 1. The van der Waals surface area contributed by atoms with Crippen molar-refractivity contribution < 1.29 is 9.47 Å². The molecule has 0 amide bonds. The molecule has 2 aromatic rings. The van der Waals surface area contributed by atoms with E-state index in [1.54, 1.807) is 7.11 Å². The minimum Gasteiger partial charge on any atom is -0.497 e. The molecule has 4 nitrogen and oxygen atoms in total. The van der Waals surface area contributed by atoms with Crippen LogP contribution >= 0.6 is 11.6 Å². The third-order valence-electron chi connectivity index (χ3n) is 5.99. The summed E-state index contributed by atoms with van der Waals surface area (Å²) in [4.78, 5) is 5.15. The highest BCUT2D eigenvalue weighted by Crippen LogP contribution is 2.37. The van der Waals surface area contributed by atoms with E-state index in [0.717, 1.165) is 40.3 Å². The van der Waals surface area contributed by atoms with Crippen LogP contribution in [0, 0.1) is 5.92 Å². The Hall–Kier alpha value is -2.20. The SMILES string of the molecule is CCOc1cc(OC)ccc1C1=N[C@H](CC2CCCC2)[C@H](c2ccc(Cl)cc2)N1. The molecule has 5 heteroatoms. The third kappa shape index (κ3) is 4.53. The summed E-state index contributed by atoms with van der Waals surface area (Å²) in [6.45, 7) is 2.59. The van der Waals surface area contributed by atoms with E-state index >= 15 is 0 Å². The standard InChI is InChI=1S/C24H29ClN2O2/c1-3-29-22-15-19(28-2)12-13-20(22)24-26-21(14-16-6-4-5-7-16)23(27-24)17-8-10-18(25)11-9-17/h8-13,15-16,21,23H,3-7,14H2,1-2H3,(H,26,27)/t21-,23+/m1/s1. The van der Waals surface area contributed by atoms with Gasteiger partial charge in [-0.1, -0.05) is 49.4 Å². The Balaban J connectivity index is 1.65. The van der Waals surface area contributed by atoms with Crippen LogP contribution < -0.4 is 14.8 Å². The van der Waals surface area contributed by atoms with Gasteiger partial charge in [-0.25, -0.2) is 0 Å². The van der Waals surface area contributed by atoms with E-state index in [1.807, 2.05) is 37.3 Å². The van der Waals surface area contributed by atoms with E-state index < -0.39 is 0 Å². The van der Waals surface area contributed by atoms with Gasteiger partial charge < -0.3 is 14.8 Å². The zero-order valence-corrected chi connectivity index (χ0v) is 17.9. The van der Waals surface area contributed by atoms with Gasteiger partial charge in [0.1, 0.15) is 17.3 Å². The van der Waals surface area contributed by atoms with Crippen molar-refractivity contribution in [2.45, 2.75) is 51.1 Å². The molecule has 0 bridgehead atoms. The second-order valence-corrected chi connectivity index (χ2v) is 8.34. The molecule has 0 spiro atoms. The molecule has 2 aromatic carbocycles. The first kappa shape index (κ1) is 20.1. The van der Waals surface area contributed by atoms with Crippen molar-refractivity contribution >= 4 is 17.4 Å². The van der Waals surface area contributed by atoms with Crippen LogP contribution in [0.25, 0.3) is 0 Å². The maximum atomic E-state index is 6.12. The van der Waals surface area contributed by atoms with Crippen LogP contribution in [-0.2, 0) is 0 Å². The van der Waals surface area contributed by atoms with Crippen molar-refractivity contribution in [1.82, 2.24) is 5.32 Å². The largest absolute Gasteiger partial charge is 0.497 e. The summed E-state index contributed by atoms with van der Waals surface area (Å²) in [5.41, 5.74) is 2.21. The lowest BCUT2D eigenvalue weighted by Crippen LogP contribution is -2.28. The average Bonchev–Trinajstić information content (AvgIpc) is 3.39. The summed E-state index contributed by atoms with van der Waals surface area (Å²) >= 11 is 6.12. The van der Waals surface area contributed by atoms with Gasteiger partial charge in [-0.05, 0) is 49.1 Å². The Morgan fingerprint density at radius 3 is 2.55 bits per heavy atom. The monoisotopic (exact) mass is 412 g/mol. The van der Waals surface area contributed by atoms with Crippen molar-refractivity contribution in [2.24, 2.45) is 10.9 Å². The van der Waals surface area contributed by atoms with Gasteiger partial charge in [0, 0.05) is 11.1 Å². The molecule has 154 valence electrons. The van der Waals surface area contributed by atoms with Gasteiger partial charge in [0.05, 0.1) is 31.4 Å². The normalized spacial score (nSPS) is 21.7. The van der Waals surface area contributed by atoms with E-state index in [0.29, 0.717) is 6.61 Å².